The Morgan fingerprint density at radius 3 is 1.20 bits per heavy atom. The molecule has 0 bridgehead atoms. The van der Waals surface area contributed by atoms with Gasteiger partial charge in [-0.1, -0.05) is 60.7 Å². The van der Waals surface area contributed by atoms with Gasteiger partial charge in [-0.25, -0.2) is 27.7 Å². The van der Waals surface area contributed by atoms with E-state index in [9.17, 15) is 0 Å². The number of nitrogens with zero attached hydrogens (tertiary/aromatic N) is 7. The van der Waals surface area contributed by atoms with E-state index in [4.69, 9.17) is 13.5 Å². The third kappa shape index (κ3) is 2.77. The summed E-state index contributed by atoms with van der Waals surface area (Å²) < 4.78 is 27.8. The molecule has 0 N–H and O–H groups in total. The summed E-state index contributed by atoms with van der Waals surface area (Å²) in [6.07, 6.45) is 0. The SMILES string of the molecule is c1ccc(P2(c3ccccc3)=NP(N3CC3)(N3CC3)=NP(N3CC3)(N3CC3)=N2)cc1. The number of hydrogen-bond donors (Lipinski definition) is 0. The Hall–Kier alpha value is -1.03. The lowest BCUT2D eigenvalue weighted by atomic mass is 10.4. The van der Waals surface area contributed by atoms with Gasteiger partial charge in [-0.2, -0.15) is 4.52 Å². The Labute approximate surface area is 178 Å². The quantitative estimate of drug-likeness (QED) is 0.488. The van der Waals surface area contributed by atoms with Crippen LogP contribution in [0.2, 0.25) is 0 Å². The summed E-state index contributed by atoms with van der Waals surface area (Å²) in [5.41, 5.74) is 0. The summed E-state index contributed by atoms with van der Waals surface area (Å²) in [7, 11) is -6.46. The van der Waals surface area contributed by atoms with Gasteiger partial charge in [0, 0.05) is 63.0 Å². The maximum atomic E-state index is 5.84. The van der Waals surface area contributed by atoms with Crippen molar-refractivity contribution in [2.24, 2.45) is 13.5 Å². The second-order valence-electron chi connectivity index (χ2n) is 8.43. The lowest BCUT2D eigenvalue weighted by Gasteiger charge is -2.38. The molecule has 7 rings (SSSR count). The summed E-state index contributed by atoms with van der Waals surface area (Å²) in [6, 6.07) is 21.9. The van der Waals surface area contributed by atoms with E-state index in [2.05, 4.69) is 79.3 Å². The minimum absolute atomic E-state index is 1.13. The average molecular weight is 457 g/mol. The molecule has 5 aliphatic rings. The van der Waals surface area contributed by atoms with Gasteiger partial charge < -0.3 is 0 Å². The molecule has 156 valence electrons. The molecular formula is C20H26N7P3. The fraction of sp³-hybridized carbons (Fsp3) is 0.400. The largest absolute Gasteiger partial charge is 0.237 e. The van der Waals surface area contributed by atoms with Crippen molar-refractivity contribution in [3.05, 3.63) is 60.7 Å². The van der Waals surface area contributed by atoms with Crippen LogP contribution >= 0.6 is 22.2 Å². The predicted molar refractivity (Wildman–Crippen MR) is 126 cm³/mol. The minimum Gasteiger partial charge on any atom is -0.237 e. The van der Waals surface area contributed by atoms with Crippen molar-refractivity contribution in [1.82, 2.24) is 18.7 Å². The zero-order chi connectivity index (χ0) is 19.8. The van der Waals surface area contributed by atoms with E-state index < -0.39 is 22.2 Å². The van der Waals surface area contributed by atoms with E-state index in [1.54, 1.807) is 0 Å². The molecule has 0 amide bonds. The highest BCUT2D eigenvalue weighted by molar-refractivity contribution is 7.91. The molecule has 0 atom stereocenters. The van der Waals surface area contributed by atoms with E-state index in [1.807, 2.05) is 0 Å². The van der Waals surface area contributed by atoms with Crippen LogP contribution in [0.5, 0.6) is 0 Å². The second kappa shape index (κ2) is 6.49. The van der Waals surface area contributed by atoms with Gasteiger partial charge in [0.25, 0.3) is 0 Å². The van der Waals surface area contributed by atoms with Crippen LogP contribution in [0, 0.1) is 0 Å². The third-order valence-electron chi connectivity index (χ3n) is 6.18. The lowest BCUT2D eigenvalue weighted by Crippen LogP contribution is -2.19. The van der Waals surface area contributed by atoms with Crippen LogP contribution in [0.3, 0.4) is 0 Å². The van der Waals surface area contributed by atoms with Gasteiger partial charge >= 0.3 is 0 Å². The Morgan fingerprint density at radius 2 is 0.833 bits per heavy atom. The fourth-order valence-electron chi connectivity index (χ4n) is 4.25. The molecule has 0 saturated carbocycles. The predicted octanol–water partition coefficient (Wildman–Crippen LogP) is 3.92. The van der Waals surface area contributed by atoms with E-state index in [0.29, 0.717) is 0 Å². The van der Waals surface area contributed by atoms with Gasteiger partial charge in [0.05, 0.1) is 0 Å². The van der Waals surface area contributed by atoms with Crippen LogP contribution in [0.1, 0.15) is 0 Å². The number of hydrogen-bond acceptors (Lipinski definition) is 7. The average Bonchev–Trinajstić information content (AvgIpc) is 3.62. The molecule has 30 heavy (non-hydrogen) atoms. The van der Waals surface area contributed by atoms with Crippen molar-refractivity contribution in [3.8, 4) is 0 Å². The molecule has 0 aromatic heterocycles. The summed E-state index contributed by atoms with van der Waals surface area (Å²) in [5, 5.41) is 2.57. The first-order chi connectivity index (χ1) is 14.8. The summed E-state index contributed by atoms with van der Waals surface area (Å²) in [5.74, 6) is 0. The van der Waals surface area contributed by atoms with Gasteiger partial charge in [0.2, 0.25) is 15.0 Å². The summed E-state index contributed by atoms with van der Waals surface area (Å²) in [6.45, 7) is 9.01. The Bertz CT molecular complexity index is 1060. The van der Waals surface area contributed by atoms with Crippen LogP contribution in [-0.2, 0) is 0 Å². The standard InChI is InChI=1S/C20H26N7P3/c1-3-7-19(8-4-1)28(20-9-5-2-6-10-20)21-29(24-11-12-24,25-13-14-25)23-30(22-28,26-15-16-26)27-17-18-27/h1-10H,11-18H2. The molecule has 10 heteroatoms. The smallest absolute Gasteiger partial charge is 0.219 e. The highest BCUT2D eigenvalue weighted by atomic mass is 31.3. The molecule has 4 saturated heterocycles. The van der Waals surface area contributed by atoms with Gasteiger partial charge in [0.15, 0.2) is 0 Å². The molecular weight excluding hydrogens is 431 g/mol. The van der Waals surface area contributed by atoms with Crippen LogP contribution in [0.4, 0.5) is 0 Å². The lowest BCUT2D eigenvalue weighted by molar-refractivity contribution is 0.754. The Morgan fingerprint density at radius 1 is 0.467 bits per heavy atom. The van der Waals surface area contributed by atoms with Crippen molar-refractivity contribution < 1.29 is 0 Å². The highest BCUT2D eigenvalue weighted by Gasteiger charge is 2.56. The maximum Gasteiger partial charge on any atom is 0.219 e. The van der Waals surface area contributed by atoms with Gasteiger partial charge in [-0.15, -0.1) is 0 Å². The van der Waals surface area contributed by atoms with Crippen LogP contribution in [-0.4, -0.2) is 71.0 Å². The van der Waals surface area contributed by atoms with Gasteiger partial charge in [0.1, 0.15) is 7.21 Å². The molecule has 0 unspecified atom stereocenters. The minimum atomic E-state index is -2.31. The summed E-state index contributed by atoms with van der Waals surface area (Å²) in [4.78, 5) is 0. The second-order valence-corrected chi connectivity index (χ2v) is 17.2. The zero-order valence-corrected chi connectivity index (χ0v) is 19.6. The molecule has 0 spiro atoms. The van der Waals surface area contributed by atoms with Crippen molar-refractivity contribution in [2.75, 3.05) is 52.4 Å². The van der Waals surface area contributed by atoms with E-state index in [1.165, 1.54) is 10.6 Å². The molecule has 2 aromatic rings. The summed E-state index contributed by atoms with van der Waals surface area (Å²) >= 11 is 0. The van der Waals surface area contributed by atoms with E-state index >= 15 is 0 Å². The highest BCUT2D eigenvalue weighted by Crippen LogP contribution is 2.84. The van der Waals surface area contributed by atoms with Crippen molar-refractivity contribution >= 4 is 32.8 Å². The van der Waals surface area contributed by atoms with E-state index in [0.717, 1.165) is 52.4 Å². The first-order valence-electron chi connectivity index (χ1n) is 10.8. The normalized spacial score (nSPS) is 28.7. The van der Waals surface area contributed by atoms with Gasteiger partial charge in [-0.3, -0.25) is 0 Å². The van der Waals surface area contributed by atoms with Crippen molar-refractivity contribution in [1.29, 1.82) is 0 Å². The van der Waals surface area contributed by atoms with Crippen LogP contribution in [0.15, 0.2) is 74.2 Å². The zero-order valence-electron chi connectivity index (χ0n) is 16.9. The van der Waals surface area contributed by atoms with Crippen LogP contribution < -0.4 is 10.6 Å². The molecule has 2 aromatic carbocycles. The van der Waals surface area contributed by atoms with Crippen LogP contribution in [0.25, 0.3) is 0 Å². The Kier molecular flexibility index (Phi) is 4.01. The molecule has 0 aliphatic carbocycles. The molecule has 4 fully saturated rings. The Balaban J connectivity index is 1.63. The number of rotatable bonds is 6. The number of benzene rings is 2. The van der Waals surface area contributed by atoms with Gasteiger partial charge in [-0.05, 0) is 0 Å². The first kappa shape index (κ1) is 18.5. The van der Waals surface area contributed by atoms with Crippen molar-refractivity contribution in [2.45, 2.75) is 0 Å². The van der Waals surface area contributed by atoms with Crippen molar-refractivity contribution in [3.63, 3.8) is 0 Å². The first-order valence-corrected chi connectivity index (χ1v) is 15.7. The molecule has 5 aliphatic heterocycles. The monoisotopic (exact) mass is 457 g/mol. The molecule has 5 heterocycles. The topological polar surface area (TPSA) is 49.1 Å². The third-order valence-corrected chi connectivity index (χ3v) is 18.8. The van der Waals surface area contributed by atoms with E-state index in [-0.39, 0.29) is 0 Å². The molecule has 0 radical (unpaired) electrons. The molecule has 7 nitrogen and oxygen atoms in total. The maximum absolute atomic E-state index is 5.84. The fourth-order valence-corrected chi connectivity index (χ4v) is 19.7.